The lowest BCUT2D eigenvalue weighted by Gasteiger charge is -2.35. The summed E-state index contributed by atoms with van der Waals surface area (Å²) in [5, 5.41) is 0.620. The van der Waals surface area contributed by atoms with Crippen LogP contribution >= 0.6 is 0 Å². The monoisotopic (exact) mass is 507 g/mol. The third-order valence-corrected chi connectivity index (χ3v) is 6.33. The summed E-state index contributed by atoms with van der Waals surface area (Å²) in [5.41, 5.74) is 1.95. The summed E-state index contributed by atoms with van der Waals surface area (Å²) in [6, 6.07) is 12.9. The predicted octanol–water partition coefficient (Wildman–Crippen LogP) is 5.75. The smallest absolute Gasteiger partial charge is 0.387 e. The van der Waals surface area contributed by atoms with E-state index in [4.69, 9.17) is 0 Å². The van der Waals surface area contributed by atoms with Gasteiger partial charge >= 0.3 is 13.2 Å². The Bertz CT molecular complexity index is 1170. The number of halogens is 4. The summed E-state index contributed by atoms with van der Waals surface area (Å²) in [6.45, 7) is -0.462. The summed E-state index contributed by atoms with van der Waals surface area (Å²) in [6.07, 6.45) is 1.96. The number of hydrogen-bond acceptors (Lipinski definition) is 4. The van der Waals surface area contributed by atoms with Gasteiger partial charge in [-0.15, -0.1) is 0 Å². The average Bonchev–Trinajstić information content (AvgIpc) is 3.25. The summed E-state index contributed by atoms with van der Waals surface area (Å²) in [4.78, 5) is 20.4. The van der Waals surface area contributed by atoms with Gasteiger partial charge in [-0.1, -0.05) is 12.1 Å². The zero-order chi connectivity index (χ0) is 25.7. The second kappa shape index (κ2) is 11.6. The number of alkyl halides is 4. The number of ether oxygens (including phenoxy) is 2. The molecule has 0 bridgehead atoms. The fourth-order valence-corrected chi connectivity index (χ4v) is 4.76. The summed E-state index contributed by atoms with van der Waals surface area (Å²) in [7, 11) is 0. The van der Waals surface area contributed by atoms with Crippen LogP contribution in [0.4, 0.5) is 17.6 Å². The highest BCUT2D eigenvalue weighted by Gasteiger charge is 2.25. The number of nitrogens with one attached hydrogen (secondary N) is 1. The van der Waals surface area contributed by atoms with E-state index in [1.165, 1.54) is 18.2 Å². The first-order valence-electron chi connectivity index (χ1n) is 11.9. The number of hydrogen-bond donors (Lipinski definition) is 1. The molecule has 0 saturated carbocycles. The molecule has 0 spiro atoms. The first-order chi connectivity index (χ1) is 17.3. The van der Waals surface area contributed by atoms with Gasteiger partial charge in [-0.2, -0.15) is 17.6 Å². The lowest BCUT2D eigenvalue weighted by atomic mass is 9.96. The van der Waals surface area contributed by atoms with E-state index in [0.717, 1.165) is 31.5 Å². The molecule has 1 amide bonds. The Morgan fingerprint density at radius 2 is 1.83 bits per heavy atom. The fourth-order valence-electron chi connectivity index (χ4n) is 4.76. The van der Waals surface area contributed by atoms with Crippen molar-refractivity contribution in [3.8, 4) is 11.5 Å². The molecule has 1 atom stereocenters. The van der Waals surface area contributed by atoms with E-state index in [1.807, 2.05) is 13.0 Å². The number of carbonyl (C=O) groups excluding carboxylic acids is 1. The first kappa shape index (κ1) is 25.8. The molecule has 1 saturated heterocycles. The number of carbonyl (C=O) groups is 1. The highest BCUT2D eigenvalue weighted by Crippen LogP contribution is 2.25. The Balaban J connectivity index is 1.38. The van der Waals surface area contributed by atoms with Crippen molar-refractivity contribution in [3.05, 3.63) is 59.8 Å². The molecule has 10 heteroatoms. The molecule has 0 aliphatic carbocycles. The van der Waals surface area contributed by atoms with Crippen molar-refractivity contribution in [2.45, 2.75) is 39.5 Å². The van der Waals surface area contributed by atoms with Crippen molar-refractivity contribution >= 4 is 16.8 Å². The van der Waals surface area contributed by atoms with E-state index in [9.17, 15) is 22.4 Å². The summed E-state index contributed by atoms with van der Waals surface area (Å²) >= 11 is 0. The van der Waals surface area contributed by atoms with E-state index >= 15 is 0 Å². The molecule has 1 fully saturated rings. The van der Waals surface area contributed by atoms with Gasteiger partial charge in [-0.3, -0.25) is 9.69 Å². The number of piperidine rings is 1. The Hall–Kier alpha value is -3.27. The second-order valence-corrected chi connectivity index (χ2v) is 8.92. The van der Waals surface area contributed by atoms with Crippen LogP contribution in [0.25, 0.3) is 10.9 Å². The molecule has 1 N–H and O–H groups in total. The van der Waals surface area contributed by atoms with E-state index in [-0.39, 0.29) is 23.3 Å². The number of fused-ring (bicyclic) bond motifs is 1. The van der Waals surface area contributed by atoms with Crippen LogP contribution in [0.1, 0.15) is 35.8 Å². The maximum absolute atomic E-state index is 13.2. The second-order valence-electron chi connectivity index (χ2n) is 8.92. The van der Waals surface area contributed by atoms with Crippen molar-refractivity contribution in [1.29, 1.82) is 0 Å². The number of aromatic amines is 1. The number of nitrogens with zero attached hydrogens (tertiary/aromatic N) is 2. The molecule has 2 heterocycles. The molecule has 1 aliphatic rings. The molecular weight excluding hydrogens is 478 g/mol. The minimum absolute atomic E-state index is 0.0384. The molecule has 2 aromatic carbocycles. The van der Waals surface area contributed by atoms with Crippen LogP contribution in [0.15, 0.2) is 48.5 Å². The third kappa shape index (κ3) is 6.69. The van der Waals surface area contributed by atoms with Crippen LogP contribution in [-0.2, 0) is 6.54 Å². The van der Waals surface area contributed by atoms with Crippen LogP contribution in [0, 0.1) is 5.92 Å². The standard InChI is InChI=1S/C26H29F4N3O3/c1-2-33(24(34)23-13-19-12-21(36-26(29)30)8-9-22(19)31-23)16-18-6-4-10-32(15-18)14-17-5-3-7-20(11-17)35-25(27)28/h3,5,7-9,11-13,18,25-26,31H,2,4,6,10,14-16H2,1H3. The van der Waals surface area contributed by atoms with E-state index in [0.29, 0.717) is 36.2 Å². The fraction of sp³-hybridized carbons (Fsp3) is 0.423. The molecule has 1 unspecified atom stereocenters. The number of benzene rings is 2. The van der Waals surface area contributed by atoms with Crippen molar-refractivity contribution in [1.82, 2.24) is 14.8 Å². The van der Waals surface area contributed by atoms with Crippen molar-refractivity contribution < 1.29 is 31.8 Å². The van der Waals surface area contributed by atoms with Gasteiger partial charge in [-0.05, 0) is 74.2 Å². The maximum Gasteiger partial charge on any atom is 0.387 e. The Morgan fingerprint density at radius 1 is 1.08 bits per heavy atom. The van der Waals surface area contributed by atoms with Gasteiger partial charge in [0, 0.05) is 37.1 Å². The Morgan fingerprint density at radius 3 is 2.56 bits per heavy atom. The van der Waals surface area contributed by atoms with Gasteiger partial charge in [0.15, 0.2) is 0 Å². The van der Waals surface area contributed by atoms with Crippen molar-refractivity contribution in [2.75, 3.05) is 26.2 Å². The number of rotatable bonds is 10. The van der Waals surface area contributed by atoms with Crippen LogP contribution in [-0.4, -0.2) is 60.1 Å². The van der Waals surface area contributed by atoms with Crippen LogP contribution in [0.2, 0.25) is 0 Å². The topological polar surface area (TPSA) is 57.8 Å². The van der Waals surface area contributed by atoms with Gasteiger partial charge in [0.05, 0.1) is 0 Å². The van der Waals surface area contributed by atoms with Crippen molar-refractivity contribution in [2.24, 2.45) is 5.92 Å². The van der Waals surface area contributed by atoms with E-state index < -0.39 is 13.2 Å². The molecule has 194 valence electrons. The molecule has 1 aliphatic heterocycles. The number of likely N-dealkylation sites (tertiary alicyclic amines) is 1. The molecule has 1 aromatic heterocycles. The van der Waals surface area contributed by atoms with E-state index in [2.05, 4.69) is 19.4 Å². The van der Waals surface area contributed by atoms with Gasteiger partial charge in [-0.25, -0.2) is 0 Å². The van der Waals surface area contributed by atoms with Gasteiger partial charge < -0.3 is 19.4 Å². The van der Waals surface area contributed by atoms with Gasteiger partial charge in [0.2, 0.25) is 0 Å². The number of amides is 1. The maximum atomic E-state index is 13.2. The molecule has 4 rings (SSSR count). The molecule has 3 aromatic rings. The van der Waals surface area contributed by atoms with Crippen LogP contribution < -0.4 is 9.47 Å². The largest absolute Gasteiger partial charge is 0.435 e. The molecule has 6 nitrogen and oxygen atoms in total. The van der Waals surface area contributed by atoms with Crippen LogP contribution in [0.5, 0.6) is 11.5 Å². The number of aromatic nitrogens is 1. The van der Waals surface area contributed by atoms with Gasteiger partial charge in [0.25, 0.3) is 5.91 Å². The minimum atomic E-state index is -2.91. The zero-order valence-corrected chi connectivity index (χ0v) is 19.9. The highest BCUT2D eigenvalue weighted by molar-refractivity contribution is 5.98. The SMILES string of the molecule is CCN(CC1CCCN(Cc2cccc(OC(F)F)c2)C1)C(=O)c1cc2cc(OC(F)F)ccc2[nH]1. The summed E-state index contributed by atoms with van der Waals surface area (Å²) < 4.78 is 59.0. The lowest BCUT2D eigenvalue weighted by Crippen LogP contribution is -2.42. The summed E-state index contributed by atoms with van der Waals surface area (Å²) in [5.74, 6) is 0.291. The molecule has 0 radical (unpaired) electrons. The lowest BCUT2D eigenvalue weighted by molar-refractivity contribution is -0.0505. The quantitative estimate of drug-likeness (QED) is 0.356. The first-order valence-corrected chi connectivity index (χ1v) is 11.9. The molecule has 36 heavy (non-hydrogen) atoms. The normalized spacial score (nSPS) is 16.6. The average molecular weight is 508 g/mol. The highest BCUT2D eigenvalue weighted by atomic mass is 19.3. The van der Waals surface area contributed by atoms with Crippen LogP contribution in [0.3, 0.4) is 0 Å². The van der Waals surface area contributed by atoms with Gasteiger partial charge in [0.1, 0.15) is 17.2 Å². The molecular formula is C26H29F4N3O3. The number of H-pyrrole nitrogens is 1. The third-order valence-electron chi connectivity index (χ3n) is 6.33. The zero-order valence-electron chi connectivity index (χ0n) is 19.9. The van der Waals surface area contributed by atoms with Crippen molar-refractivity contribution in [3.63, 3.8) is 0 Å². The predicted molar refractivity (Wildman–Crippen MR) is 128 cm³/mol. The minimum Gasteiger partial charge on any atom is -0.435 e. The Labute approximate surface area is 206 Å². The van der Waals surface area contributed by atoms with E-state index in [1.54, 1.807) is 29.2 Å². The Kier molecular flexibility index (Phi) is 8.35.